The molecule has 74 valence electrons. The molecule has 0 bridgehead atoms. The van der Waals surface area contributed by atoms with E-state index in [2.05, 4.69) is 5.32 Å². The Hall–Kier alpha value is -0.510. The van der Waals surface area contributed by atoms with E-state index in [0.29, 0.717) is 18.9 Å². The van der Waals surface area contributed by atoms with Crippen molar-refractivity contribution in [3.05, 3.63) is 0 Å². The highest BCUT2D eigenvalue weighted by Gasteiger charge is 2.17. The number of carbonyl (C=O) groups is 2. The summed E-state index contributed by atoms with van der Waals surface area (Å²) in [5, 5.41) is 2.92. The summed E-state index contributed by atoms with van der Waals surface area (Å²) in [6.45, 7) is 1.51. The van der Waals surface area contributed by atoms with Gasteiger partial charge in [0.15, 0.2) is 0 Å². The second-order valence-electron chi connectivity index (χ2n) is 3.33. The van der Waals surface area contributed by atoms with Crippen LogP contribution in [0.15, 0.2) is 0 Å². The summed E-state index contributed by atoms with van der Waals surface area (Å²) in [5.41, 5.74) is 0. The molecule has 1 atom stereocenters. The van der Waals surface area contributed by atoms with Gasteiger partial charge in [0.25, 0.3) is 0 Å². The lowest BCUT2D eigenvalue weighted by Gasteiger charge is -2.10. The number of Topliss-reactive ketones (excluding diaryl/α,β-unsaturated/α-hetero) is 1. The van der Waals surface area contributed by atoms with Gasteiger partial charge >= 0.3 is 0 Å². The zero-order valence-electron chi connectivity index (χ0n) is 7.84. The topological polar surface area (TPSA) is 46.2 Å². The quantitative estimate of drug-likeness (QED) is 0.737. The van der Waals surface area contributed by atoms with Crippen molar-refractivity contribution in [3.63, 3.8) is 0 Å². The third-order valence-corrected chi connectivity index (χ3v) is 3.16. The number of amides is 1. The van der Waals surface area contributed by atoms with E-state index in [0.717, 1.165) is 17.9 Å². The number of thioether (sulfide) groups is 1. The first-order chi connectivity index (χ1) is 6.18. The second kappa shape index (κ2) is 5.27. The van der Waals surface area contributed by atoms with Gasteiger partial charge in [-0.15, -0.1) is 0 Å². The molecule has 1 fully saturated rings. The fraction of sp³-hybridized carbons (Fsp3) is 0.778. The van der Waals surface area contributed by atoms with Crippen molar-refractivity contribution in [2.24, 2.45) is 0 Å². The predicted molar refractivity (Wildman–Crippen MR) is 53.8 cm³/mol. The number of hydrogen-bond acceptors (Lipinski definition) is 3. The molecule has 0 saturated carbocycles. The first-order valence-corrected chi connectivity index (χ1v) is 5.70. The molecule has 1 aliphatic heterocycles. The Balaban J connectivity index is 2.13. The molecular formula is C9H15NO2S. The summed E-state index contributed by atoms with van der Waals surface area (Å²) in [4.78, 5) is 21.8. The average molecular weight is 201 g/mol. The van der Waals surface area contributed by atoms with Gasteiger partial charge in [-0.1, -0.05) is 0 Å². The lowest BCUT2D eigenvalue weighted by atomic mass is 10.2. The van der Waals surface area contributed by atoms with Crippen LogP contribution in [0.25, 0.3) is 0 Å². The minimum atomic E-state index is 0.0164. The molecular weight excluding hydrogens is 186 g/mol. The maximum Gasteiger partial charge on any atom is 0.220 e. The summed E-state index contributed by atoms with van der Waals surface area (Å²) < 4.78 is 0. The molecule has 1 aliphatic rings. The maximum atomic E-state index is 11.2. The maximum absolute atomic E-state index is 11.2. The molecule has 0 radical (unpaired) electrons. The summed E-state index contributed by atoms with van der Waals surface area (Å²) in [6, 6.07) is 0.337. The average Bonchev–Trinajstić information content (AvgIpc) is 2.53. The molecule has 1 amide bonds. The second-order valence-corrected chi connectivity index (χ2v) is 4.48. The van der Waals surface area contributed by atoms with E-state index in [1.54, 1.807) is 0 Å². The Labute approximate surface area is 82.6 Å². The van der Waals surface area contributed by atoms with Gasteiger partial charge in [-0.3, -0.25) is 4.79 Å². The lowest BCUT2D eigenvalue weighted by Crippen LogP contribution is -2.34. The van der Waals surface area contributed by atoms with Crippen molar-refractivity contribution in [3.8, 4) is 0 Å². The lowest BCUT2D eigenvalue weighted by molar-refractivity contribution is -0.125. The zero-order chi connectivity index (χ0) is 9.68. The number of ketones is 1. The van der Waals surface area contributed by atoms with Crippen LogP contribution in [0.2, 0.25) is 0 Å². The third kappa shape index (κ3) is 4.31. The number of carbonyl (C=O) groups excluding carboxylic acids is 2. The zero-order valence-corrected chi connectivity index (χ0v) is 8.65. The van der Waals surface area contributed by atoms with Gasteiger partial charge in [-0.2, -0.15) is 11.8 Å². The Morgan fingerprint density at radius 1 is 1.46 bits per heavy atom. The van der Waals surface area contributed by atoms with Crippen LogP contribution in [0.3, 0.4) is 0 Å². The molecule has 3 nitrogen and oxygen atoms in total. The van der Waals surface area contributed by atoms with Gasteiger partial charge in [0.1, 0.15) is 5.78 Å². The van der Waals surface area contributed by atoms with Crippen molar-refractivity contribution in [2.45, 2.75) is 32.2 Å². The van der Waals surface area contributed by atoms with Crippen molar-refractivity contribution < 1.29 is 9.59 Å². The Bertz CT molecular complexity index is 200. The van der Waals surface area contributed by atoms with Gasteiger partial charge in [-0.25, -0.2) is 0 Å². The van der Waals surface area contributed by atoms with Crippen LogP contribution in [0.1, 0.15) is 26.2 Å². The van der Waals surface area contributed by atoms with E-state index in [-0.39, 0.29) is 11.7 Å². The van der Waals surface area contributed by atoms with Crippen LogP contribution in [0.4, 0.5) is 0 Å². The fourth-order valence-corrected chi connectivity index (χ4v) is 2.39. The molecule has 0 aliphatic carbocycles. The molecule has 1 rings (SSSR count). The van der Waals surface area contributed by atoms with E-state index in [1.165, 1.54) is 6.92 Å². The molecule has 0 aromatic rings. The van der Waals surface area contributed by atoms with Crippen molar-refractivity contribution in [2.75, 3.05) is 11.5 Å². The third-order valence-electron chi connectivity index (χ3n) is 2.00. The Morgan fingerprint density at radius 3 is 2.77 bits per heavy atom. The molecule has 13 heavy (non-hydrogen) atoms. The number of rotatable bonds is 4. The summed E-state index contributed by atoms with van der Waals surface area (Å²) in [6.07, 6.45) is 1.78. The first kappa shape index (κ1) is 10.6. The van der Waals surface area contributed by atoms with Crippen molar-refractivity contribution in [1.29, 1.82) is 0 Å². The fourth-order valence-electron chi connectivity index (χ4n) is 1.24. The molecule has 0 aromatic heterocycles. The highest BCUT2D eigenvalue weighted by molar-refractivity contribution is 7.99. The van der Waals surface area contributed by atoms with Crippen LogP contribution in [-0.2, 0) is 9.59 Å². The molecule has 0 spiro atoms. The molecule has 1 heterocycles. The van der Waals surface area contributed by atoms with Crippen molar-refractivity contribution >= 4 is 23.5 Å². The smallest absolute Gasteiger partial charge is 0.220 e. The Morgan fingerprint density at radius 2 is 2.23 bits per heavy atom. The van der Waals surface area contributed by atoms with Gasteiger partial charge < -0.3 is 10.1 Å². The standard InChI is InChI=1S/C9H15NO2S/c1-7(11)2-3-9(12)10-8-4-5-13-6-8/h8H,2-6H2,1H3,(H,10,12). The van der Waals surface area contributed by atoms with Crippen LogP contribution >= 0.6 is 11.8 Å². The molecule has 0 aromatic carbocycles. The molecule has 1 N–H and O–H groups in total. The largest absolute Gasteiger partial charge is 0.353 e. The SMILES string of the molecule is CC(=O)CCC(=O)NC1CCSC1. The van der Waals surface area contributed by atoms with Crippen LogP contribution < -0.4 is 5.32 Å². The van der Waals surface area contributed by atoms with Gasteiger partial charge in [-0.05, 0) is 19.1 Å². The molecule has 4 heteroatoms. The highest BCUT2D eigenvalue weighted by Crippen LogP contribution is 2.16. The summed E-state index contributed by atoms with van der Waals surface area (Å²) >= 11 is 1.87. The van der Waals surface area contributed by atoms with Crippen molar-refractivity contribution in [1.82, 2.24) is 5.32 Å². The minimum absolute atomic E-state index is 0.0164. The summed E-state index contributed by atoms with van der Waals surface area (Å²) in [5.74, 6) is 2.25. The van der Waals surface area contributed by atoms with E-state index < -0.39 is 0 Å². The summed E-state index contributed by atoms with van der Waals surface area (Å²) in [7, 11) is 0. The number of hydrogen-bond donors (Lipinski definition) is 1. The van der Waals surface area contributed by atoms with Crippen LogP contribution in [0.5, 0.6) is 0 Å². The molecule has 1 saturated heterocycles. The van der Waals surface area contributed by atoms with E-state index in [9.17, 15) is 9.59 Å². The van der Waals surface area contributed by atoms with Crippen LogP contribution in [0, 0.1) is 0 Å². The van der Waals surface area contributed by atoms with Gasteiger partial charge in [0, 0.05) is 24.6 Å². The van der Waals surface area contributed by atoms with E-state index in [4.69, 9.17) is 0 Å². The number of nitrogens with one attached hydrogen (secondary N) is 1. The molecule has 1 unspecified atom stereocenters. The Kier molecular flexibility index (Phi) is 4.28. The first-order valence-electron chi connectivity index (χ1n) is 4.55. The van der Waals surface area contributed by atoms with Crippen LogP contribution in [-0.4, -0.2) is 29.2 Å². The van der Waals surface area contributed by atoms with E-state index in [1.807, 2.05) is 11.8 Å². The monoisotopic (exact) mass is 201 g/mol. The normalized spacial score (nSPS) is 21.5. The minimum Gasteiger partial charge on any atom is -0.353 e. The highest BCUT2D eigenvalue weighted by atomic mass is 32.2. The van der Waals surface area contributed by atoms with Gasteiger partial charge in [0.05, 0.1) is 0 Å². The predicted octanol–water partition coefficient (Wildman–Crippen LogP) is 0.977. The van der Waals surface area contributed by atoms with E-state index >= 15 is 0 Å². The van der Waals surface area contributed by atoms with Gasteiger partial charge in [0.2, 0.25) is 5.91 Å².